The quantitative estimate of drug-likeness (QED) is 0.912. The van der Waals surface area contributed by atoms with Crippen molar-refractivity contribution in [2.75, 3.05) is 6.54 Å². The van der Waals surface area contributed by atoms with Gasteiger partial charge in [0.15, 0.2) is 0 Å². The molecule has 0 aliphatic carbocycles. The van der Waals surface area contributed by atoms with Crippen LogP contribution in [0.4, 0.5) is 4.39 Å². The van der Waals surface area contributed by atoms with Gasteiger partial charge in [-0.3, -0.25) is 4.90 Å². The summed E-state index contributed by atoms with van der Waals surface area (Å²) >= 11 is 0. The van der Waals surface area contributed by atoms with E-state index in [4.69, 9.17) is 5.11 Å². The molecule has 0 spiro atoms. The lowest BCUT2D eigenvalue weighted by Gasteiger charge is -2.36. The Bertz CT molecular complexity index is 475. The normalized spacial score (nSPS) is 24.4. The molecular weight excluding hydrogens is 245 g/mol. The molecule has 1 aromatic rings. The van der Waals surface area contributed by atoms with Crippen LogP contribution >= 0.6 is 0 Å². The molecule has 1 aromatic carbocycles. The summed E-state index contributed by atoms with van der Waals surface area (Å²) in [5, 5.41) is 8.94. The van der Waals surface area contributed by atoms with E-state index in [1.807, 2.05) is 0 Å². The van der Waals surface area contributed by atoms with Gasteiger partial charge in [-0.1, -0.05) is 19.1 Å². The summed E-state index contributed by atoms with van der Waals surface area (Å²) in [6.45, 7) is 5.77. The van der Waals surface area contributed by atoms with E-state index in [0.29, 0.717) is 24.1 Å². The van der Waals surface area contributed by atoms with Crippen molar-refractivity contribution in [3.8, 4) is 0 Å². The van der Waals surface area contributed by atoms with Crippen LogP contribution in [0.25, 0.3) is 0 Å². The van der Waals surface area contributed by atoms with E-state index in [-0.39, 0.29) is 5.56 Å². The van der Waals surface area contributed by atoms with Crippen LogP contribution in [0.3, 0.4) is 0 Å². The van der Waals surface area contributed by atoms with E-state index in [0.717, 1.165) is 13.0 Å². The lowest BCUT2D eigenvalue weighted by atomic mass is 9.94. The maximum atomic E-state index is 14.1. The second kappa shape index (κ2) is 5.70. The summed E-state index contributed by atoms with van der Waals surface area (Å²) in [6, 6.07) is 5.01. The van der Waals surface area contributed by atoms with Crippen molar-refractivity contribution in [2.24, 2.45) is 5.92 Å². The monoisotopic (exact) mass is 265 g/mol. The first-order chi connectivity index (χ1) is 8.99. The van der Waals surface area contributed by atoms with Crippen LogP contribution in [0.1, 0.15) is 42.6 Å². The number of carboxylic acid groups (broad SMARTS) is 1. The van der Waals surface area contributed by atoms with Crippen molar-refractivity contribution >= 4 is 5.97 Å². The third-order valence-corrected chi connectivity index (χ3v) is 3.93. The van der Waals surface area contributed by atoms with Crippen molar-refractivity contribution in [1.82, 2.24) is 4.90 Å². The highest BCUT2D eigenvalue weighted by Crippen LogP contribution is 2.24. The molecule has 0 radical (unpaired) electrons. The maximum Gasteiger partial charge on any atom is 0.338 e. The molecular formula is C15H20FNO2. The second-order valence-corrected chi connectivity index (χ2v) is 5.54. The standard InChI is InChI=1S/C15H20FNO2/c1-10-6-7-11(2)17(8-10)9-12-4-3-5-13(14(12)16)15(18)19/h3-5,10-11H,6-9H2,1-2H3,(H,18,19). The Morgan fingerprint density at radius 1 is 1.42 bits per heavy atom. The molecule has 1 aliphatic heterocycles. The van der Waals surface area contributed by atoms with E-state index in [2.05, 4.69) is 18.7 Å². The first-order valence-corrected chi connectivity index (χ1v) is 6.73. The molecule has 1 fully saturated rings. The molecule has 3 nitrogen and oxygen atoms in total. The van der Waals surface area contributed by atoms with Gasteiger partial charge in [0.05, 0.1) is 5.56 Å². The van der Waals surface area contributed by atoms with Crippen LogP contribution in [0.5, 0.6) is 0 Å². The third kappa shape index (κ3) is 3.13. The van der Waals surface area contributed by atoms with Crippen molar-refractivity contribution in [3.63, 3.8) is 0 Å². The molecule has 0 aromatic heterocycles. The van der Waals surface area contributed by atoms with Crippen molar-refractivity contribution < 1.29 is 14.3 Å². The van der Waals surface area contributed by atoms with Crippen LogP contribution in [0.2, 0.25) is 0 Å². The van der Waals surface area contributed by atoms with Gasteiger partial charge in [0.25, 0.3) is 0 Å². The van der Waals surface area contributed by atoms with Gasteiger partial charge in [-0.05, 0) is 31.7 Å². The van der Waals surface area contributed by atoms with Crippen LogP contribution in [0.15, 0.2) is 18.2 Å². The average Bonchev–Trinajstić information content (AvgIpc) is 2.36. The number of nitrogens with zero attached hydrogens (tertiary/aromatic N) is 1. The van der Waals surface area contributed by atoms with Crippen molar-refractivity contribution in [2.45, 2.75) is 39.3 Å². The number of rotatable bonds is 3. The summed E-state index contributed by atoms with van der Waals surface area (Å²) in [6.07, 6.45) is 2.32. The number of carbonyl (C=O) groups is 1. The smallest absolute Gasteiger partial charge is 0.338 e. The Hall–Kier alpha value is -1.42. The largest absolute Gasteiger partial charge is 0.478 e. The van der Waals surface area contributed by atoms with E-state index in [1.165, 1.54) is 12.5 Å². The molecule has 19 heavy (non-hydrogen) atoms. The lowest BCUT2D eigenvalue weighted by molar-refractivity contribution is 0.0690. The Kier molecular flexibility index (Phi) is 4.20. The molecule has 2 rings (SSSR count). The van der Waals surface area contributed by atoms with Gasteiger partial charge >= 0.3 is 5.97 Å². The molecule has 0 amide bonds. The number of likely N-dealkylation sites (tertiary alicyclic amines) is 1. The number of aromatic carboxylic acids is 1. The highest BCUT2D eigenvalue weighted by Gasteiger charge is 2.24. The van der Waals surface area contributed by atoms with Crippen LogP contribution < -0.4 is 0 Å². The van der Waals surface area contributed by atoms with Gasteiger partial charge in [-0.2, -0.15) is 0 Å². The molecule has 0 bridgehead atoms. The molecule has 4 heteroatoms. The van der Waals surface area contributed by atoms with E-state index >= 15 is 0 Å². The fourth-order valence-corrected chi connectivity index (χ4v) is 2.69. The molecule has 1 heterocycles. The molecule has 0 saturated carbocycles. The maximum absolute atomic E-state index is 14.1. The zero-order valence-electron chi connectivity index (χ0n) is 11.4. The van der Waals surface area contributed by atoms with Crippen molar-refractivity contribution in [1.29, 1.82) is 0 Å². The molecule has 1 saturated heterocycles. The highest BCUT2D eigenvalue weighted by atomic mass is 19.1. The summed E-state index contributed by atoms with van der Waals surface area (Å²) in [4.78, 5) is 13.2. The van der Waals surface area contributed by atoms with E-state index in [9.17, 15) is 9.18 Å². The molecule has 2 atom stereocenters. The van der Waals surface area contributed by atoms with Gasteiger partial charge in [0.2, 0.25) is 0 Å². The predicted molar refractivity (Wildman–Crippen MR) is 71.6 cm³/mol. The molecule has 1 N–H and O–H groups in total. The Labute approximate surface area is 113 Å². The number of piperidine rings is 1. The number of benzene rings is 1. The summed E-state index contributed by atoms with van der Waals surface area (Å²) in [5.74, 6) is -1.19. The number of halogens is 1. The minimum atomic E-state index is -1.21. The summed E-state index contributed by atoms with van der Waals surface area (Å²) < 4.78 is 14.1. The summed E-state index contributed by atoms with van der Waals surface area (Å²) in [7, 11) is 0. The van der Waals surface area contributed by atoms with Crippen molar-refractivity contribution in [3.05, 3.63) is 35.1 Å². The second-order valence-electron chi connectivity index (χ2n) is 5.54. The molecule has 104 valence electrons. The van der Waals surface area contributed by atoms with Gasteiger partial charge in [-0.15, -0.1) is 0 Å². The topological polar surface area (TPSA) is 40.5 Å². The van der Waals surface area contributed by atoms with Gasteiger partial charge in [0, 0.05) is 24.7 Å². The fraction of sp³-hybridized carbons (Fsp3) is 0.533. The van der Waals surface area contributed by atoms with Crippen LogP contribution in [-0.4, -0.2) is 28.6 Å². The number of carboxylic acids is 1. The Balaban J connectivity index is 2.19. The zero-order valence-corrected chi connectivity index (χ0v) is 11.4. The number of hydrogen-bond acceptors (Lipinski definition) is 2. The first kappa shape index (κ1) is 14.0. The molecule has 1 aliphatic rings. The van der Waals surface area contributed by atoms with Gasteiger partial charge in [0.1, 0.15) is 5.82 Å². The lowest BCUT2D eigenvalue weighted by Crippen LogP contribution is -2.40. The average molecular weight is 265 g/mol. The van der Waals surface area contributed by atoms with Gasteiger partial charge in [-0.25, -0.2) is 9.18 Å². The Morgan fingerprint density at radius 2 is 2.16 bits per heavy atom. The minimum Gasteiger partial charge on any atom is -0.478 e. The highest BCUT2D eigenvalue weighted by molar-refractivity contribution is 5.88. The van der Waals surface area contributed by atoms with Gasteiger partial charge < -0.3 is 5.11 Å². The Morgan fingerprint density at radius 3 is 2.84 bits per heavy atom. The van der Waals surface area contributed by atoms with Crippen LogP contribution in [0, 0.1) is 11.7 Å². The fourth-order valence-electron chi connectivity index (χ4n) is 2.69. The van der Waals surface area contributed by atoms with E-state index < -0.39 is 11.8 Å². The number of hydrogen-bond donors (Lipinski definition) is 1. The first-order valence-electron chi connectivity index (χ1n) is 6.73. The zero-order chi connectivity index (χ0) is 14.0. The van der Waals surface area contributed by atoms with Crippen LogP contribution in [-0.2, 0) is 6.54 Å². The SMILES string of the molecule is CC1CCC(C)N(Cc2cccc(C(=O)O)c2F)C1. The van der Waals surface area contributed by atoms with E-state index in [1.54, 1.807) is 12.1 Å². The third-order valence-electron chi connectivity index (χ3n) is 3.93. The molecule has 2 unspecified atom stereocenters. The predicted octanol–water partition coefficient (Wildman–Crippen LogP) is 3.14. The summed E-state index contributed by atoms with van der Waals surface area (Å²) in [5.41, 5.74) is 0.232. The minimum absolute atomic E-state index is 0.241.